The van der Waals surface area contributed by atoms with Gasteiger partial charge in [-0.3, -0.25) is 4.79 Å². The molecule has 0 saturated heterocycles. The molecule has 0 unspecified atom stereocenters. The molecule has 2 aromatic carbocycles. The van der Waals surface area contributed by atoms with Crippen LogP contribution in [-0.4, -0.2) is 24.7 Å². The Morgan fingerprint density at radius 2 is 1.93 bits per heavy atom. The molecule has 0 aromatic heterocycles. The third kappa shape index (κ3) is 4.68. The van der Waals surface area contributed by atoms with Crippen molar-refractivity contribution in [2.24, 2.45) is 0 Å². The third-order valence-electron chi connectivity index (χ3n) is 4.54. The summed E-state index contributed by atoms with van der Waals surface area (Å²) >= 11 is 5.36. The topological polar surface area (TPSA) is 71.6 Å². The van der Waals surface area contributed by atoms with E-state index in [9.17, 15) is 4.79 Å². The number of rotatable bonds is 7. The van der Waals surface area contributed by atoms with Crippen LogP contribution in [0.3, 0.4) is 0 Å². The van der Waals surface area contributed by atoms with Gasteiger partial charge in [-0.1, -0.05) is 37.3 Å². The van der Waals surface area contributed by atoms with E-state index in [1.54, 1.807) is 7.11 Å². The summed E-state index contributed by atoms with van der Waals surface area (Å²) in [6.07, 6.45) is 0.853. The predicted molar refractivity (Wildman–Crippen MR) is 118 cm³/mol. The Kier molecular flexibility index (Phi) is 6.72. The fourth-order valence-electron chi connectivity index (χ4n) is 3.23. The average Bonchev–Trinajstić information content (AvgIpc) is 2.72. The lowest BCUT2D eigenvalue weighted by Gasteiger charge is -2.31. The molecule has 0 spiro atoms. The van der Waals surface area contributed by atoms with Crippen molar-refractivity contribution >= 4 is 28.9 Å². The monoisotopic (exact) mass is 411 g/mol. The number of amides is 1. The normalized spacial score (nSPS) is 16.0. The van der Waals surface area contributed by atoms with Crippen LogP contribution in [0.1, 0.15) is 31.9 Å². The number of hydrogen-bond donors (Lipinski definition) is 3. The van der Waals surface area contributed by atoms with Crippen LogP contribution < -0.4 is 25.4 Å². The van der Waals surface area contributed by atoms with Gasteiger partial charge in [-0.2, -0.15) is 0 Å². The van der Waals surface area contributed by atoms with E-state index in [0.717, 1.165) is 17.7 Å². The molecule has 1 atom stereocenters. The van der Waals surface area contributed by atoms with Crippen molar-refractivity contribution in [3.05, 3.63) is 65.4 Å². The van der Waals surface area contributed by atoms with Crippen LogP contribution in [0.15, 0.2) is 59.8 Å². The molecule has 0 fully saturated rings. The van der Waals surface area contributed by atoms with Crippen molar-refractivity contribution in [1.29, 1.82) is 0 Å². The first-order valence-corrected chi connectivity index (χ1v) is 9.90. The number of carbonyl (C=O) groups is 1. The zero-order chi connectivity index (χ0) is 20.8. The van der Waals surface area contributed by atoms with Crippen LogP contribution in [0.25, 0.3) is 0 Å². The summed E-state index contributed by atoms with van der Waals surface area (Å²) in [5, 5.41) is 9.68. The largest absolute Gasteiger partial charge is 0.493 e. The number of hydrogen-bond acceptors (Lipinski definition) is 4. The van der Waals surface area contributed by atoms with Gasteiger partial charge in [0.05, 0.1) is 25.3 Å². The molecule has 0 saturated carbocycles. The molecule has 0 radical (unpaired) electrons. The van der Waals surface area contributed by atoms with Gasteiger partial charge in [0.2, 0.25) is 0 Å². The summed E-state index contributed by atoms with van der Waals surface area (Å²) in [6, 6.07) is 14.5. The number of allylic oxidation sites excluding steroid dienone is 1. The van der Waals surface area contributed by atoms with E-state index in [1.807, 2.05) is 62.4 Å². The van der Waals surface area contributed by atoms with E-state index in [4.69, 9.17) is 21.7 Å². The van der Waals surface area contributed by atoms with Gasteiger partial charge in [-0.25, -0.2) is 0 Å². The zero-order valence-corrected chi connectivity index (χ0v) is 17.6. The first-order valence-electron chi connectivity index (χ1n) is 9.49. The van der Waals surface area contributed by atoms with Crippen molar-refractivity contribution in [2.45, 2.75) is 26.3 Å². The van der Waals surface area contributed by atoms with Crippen molar-refractivity contribution in [3.8, 4) is 11.5 Å². The summed E-state index contributed by atoms with van der Waals surface area (Å²) in [7, 11) is 1.60. The van der Waals surface area contributed by atoms with Crippen LogP contribution in [0.5, 0.6) is 11.5 Å². The standard InChI is InChI=1S/C22H25N3O3S/c1-4-13-28-20-16(11-8-12-17(20)27-3)19-18(14(2)23-22(29)25-19)21(26)24-15-9-6-5-7-10-15/h5-12,19H,4,13H2,1-3H3,(H,24,26)(H2,23,25,29)/t19-/m0/s1. The smallest absolute Gasteiger partial charge is 0.255 e. The molecule has 29 heavy (non-hydrogen) atoms. The van der Waals surface area contributed by atoms with E-state index in [2.05, 4.69) is 16.0 Å². The van der Waals surface area contributed by atoms with E-state index >= 15 is 0 Å². The Hall–Kier alpha value is -3.06. The predicted octanol–water partition coefficient (Wildman–Crippen LogP) is 3.92. The molecular formula is C22H25N3O3S. The lowest BCUT2D eigenvalue weighted by Crippen LogP contribution is -2.45. The number of carbonyl (C=O) groups excluding carboxylic acids is 1. The van der Waals surface area contributed by atoms with E-state index in [-0.39, 0.29) is 5.91 Å². The maximum Gasteiger partial charge on any atom is 0.255 e. The van der Waals surface area contributed by atoms with Gasteiger partial charge in [-0.15, -0.1) is 0 Å². The van der Waals surface area contributed by atoms with Gasteiger partial charge < -0.3 is 25.4 Å². The van der Waals surface area contributed by atoms with Crippen LogP contribution >= 0.6 is 12.2 Å². The lowest BCUT2D eigenvalue weighted by atomic mass is 9.93. The molecule has 6 nitrogen and oxygen atoms in total. The number of anilines is 1. The summed E-state index contributed by atoms with van der Waals surface area (Å²) in [4.78, 5) is 13.2. The number of methoxy groups -OCH3 is 1. The third-order valence-corrected chi connectivity index (χ3v) is 4.76. The highest BCUT2D eigenvalue weighted by atomic mass is 32.1. The quantitative estimate of drug-likeness (QED) is 0.600. The van der Waals surface area contributed by atoms with Gasteiger partial charge in [-0.05, 0) is 43.8 Å². The number of para-hydroxylation sites is 2. The molecule has 1 heterocycles. The molecule has 1 aliphatic heterocycles. The van der Waals surface area contributed by atoms with Crippen molar-refractivity contribution in [3.63, 3.8) is 0 Å². The number of nitrogens with one attached hydrogen (secondary N) is 3. The Morgan fingerprint density at radius 3 is 2.62 bits per heavy atom. The SMILES string of the molecule is CCCOc1c(OC)cccc1[C@@H]1NC(=S)NC(C)=C1C(=O)Nc1ccccc1. The average molecular weight is 412 g/mol. The van der Waals surface area contributed by atoms with E-state index in [0.29, 0.717) is 34.5 Å². The van der Waals surface area contributed by atoms with Crippen LogP contribution in [0.4, 0.5) is 5.69 Å². The maximum atomic E-state index is 13.2. The molecule has 7 heteroatoms. The van der Waals surface area contributed by atoms with Gasteiger partial charge in [0.15, 0.2) is 16.6 Å². The molecule has 3 rings (SSSR count). The summed E-state index contributed by atoms with van der Waals surface area (Å²) < 4.78 is 11.5. The highest BCUT2D eigenvalue weighted by Crippen LogP contribution is 2.39. The van der Waals surface area contributed by atoms with Gasteiger partial charge in [0.25, 0.3) is 5.91 Å². The van der Waals surface area contributed by atoms with Gasteiger partial charge in [0, 0.05) is 16.9 Å². The van der Waals surface area contributed by atoms with Crippen LogP contribution in [-0.2, 0) is 4.79 Å². The van der Waals surface area contributed by atoms with Gasteiger partial charge >= 0.3 is 0 Å². The fraction of sp³-hybridized carbons (Fsp3) is 0.273. The Balaban J connectivity index is 2.03. The molecule has 1 aliphatic rings. The van der Waals surface area contributed by atoms with Crippen molar-refractivity contribution in [2.75, 3.05) is 19.0 Å². The summed E-state index contributed by atoms with van der Waals surface area (Å²) in [6.45, 7) is 4.42. The second kappa shape index (κ2) is 9.43. The molecular weight excluding hydrogens is 386 g/mol. The molecule has 0 aliphatic carbocycles. The molecule has 152 valence electrons. The Morgan fingerprint density at radius 1 is 1.17 bits per heavy atom. The molecule has 2 aromatic rings. The first-order chi connectivity index (χ1) is 14.0. The Labute approximate surface area is 176 Å². The number of thiocarbonyl (C=S) groups is 1. The first kappa shape index (κ1) is 20.7. The fourth-order valence-corrected chi connectivity index (χ4v) is 3.50. The van der Waals surface area contributed by atoms with Gasteiger partial charge in [0.1, 0.15) is 0 Å². The van der Waals surface area contributed by atoms with Crippen LogP contribution in [0.2, 0.25) is 0 Å². The van der Waals surface area contributed by atoms with E-state index < -0.39 is 6.04 Å². The van der Waals surface area contributed by atoms with E-state index in [1.165, 1.54) is 0 Å². The minimum Gasteiger partial charge on any atom is -0.493 e. The number of benzene rings is 2. The molecule has 3 N–H and O–H groups in total. The minimum atomic E-state index is -0.477. The second-order valence-corrected chi connectivity index (χ2v) is 7.03. The zero-order valence-electron chi connectivity index (χ0n) is 16.7. The summed E-state index contributed by atoms with van der Waals surface area (Å²) in [5.74, 6) is 1.00. The highest BCUT2D eigenvalue weighted by Gasteiger charge is 2.32. The number of ether oxygens (including phenoxy) is 2. The minimum absolute atomic E-state index is 0.217. The Bertz CT molecular complexity index is 928. The molecule has 1 amide bonds. The molecule has 0 bridgehead atoms. The second-order valence-electron chi connectivity index (χ2n) is 6.62. The highest BCUT2D eigenvalue weighted by molar-refractivity contribution is 7.80. The van der Waals surface area contributed by atoms with Crippen LogP contribution in [0, 0.1) is 0 Å². The summed E-state index contributed by atoms with van der Waals surface area (Å²) in [5.41, 5.74) is 2.74. The maximum absolute atomic E-state index is 13.2. The van der Waals surface area contributed by atoms with Crippen molar-refractivity contribution in [1.82, 2.24) is 10.6 Å². The lowest BCUT2D eigenvalue weighted by molar-refractivity contribution is -0.113. The van der Waals surface area contributed by atoms with Crippen molar-refractivity contribution < 1.29 is 14.3 Å².